The molecule has 0 atom stereocenters. The monoisotopic (exact) mass is 285 g/mol. The van der Waals surface area contributed by atoms with Crippen molar-refractivity contribution in [3.63, 3.8) is 0 Å². The van der Waals surface area contributed by atoms with E-state index in [1.54, 1.807) is 17.8 Å². The first-order valence-corrected chi connectivity index (χ1v) is 6.88. The molecule has 3 rings (SSSR count). The van der Waals surface area contributed by atoms with Gasteiger partial charge in [-0.25, -0.2) is 0 Å². The Balaban J connectivity index is 2.05. The number of rotatable bonds is 3. The minimum Gasteiger partial charge on any atom is -0.258 e. The highest BCUT2D eigenvalue weighted by molar-refractivity contribution is 7.99. The fourth-order valence-electron chi connectivity index (χ4n) is 2.00. The summed E-state index contributed by atoms with van der Waals surface area (Å²) in [5.74, 6) is 0. The van der Waals surface area contributed by atoms with Crippen LogP contribution in [0.4, 0.5) is 5.69 Å². The summed E-state index contributed by atoms with van der Waals surface area (Å²) in [6.45, 7) is 2.30. The summed E-state index contributed by atoms with van der Waals surface area (Å²) in [5, 5.41) is 12.0. The van der Waals surface area contributed by atoms with Crippen molar-refractivity contribution >= 4 is 17.4 Å². The van der Waals surface area contributed by atoms with Crippen molar-refractivity contribution in [3.05, 3.63) is 62.8 Å². The zero-order valence-corrected chi connectivity index (χ0v) is 11.6. The molecular weight excluding hydrogens is 274 g/mol. The van der Waals surface area contributed by atoms with E-state index in [-0.39, 0.29) is 12.4 Å². The third kappa shape index (κ3) is 2.30. The second-order valence-corrected chi connectivity index (χ2v) is 5.53. The molecule has 2 aromatic rings. The molecule has 0 bridgehead atoms. The molecule has 0 unspecified atom stereocenters. The molecule has 0 spiro atoms. The van der Waals surface area contributed by atoms with Crippen LogP contribution in [0.3, 0.4) is 0 Å². The Morgan fingerprint density at radius 1 is 1.10 bits per heavy atom. The van der Waals surface area contributed by atoms with Crippen LogP contribution in [0.25, 0.3) is 0 Å². The Morgan fingerprint density at radius 3 is 2.50 bits per heavy atom. The number of benzene rings is 2. The van der Waals surface area contributed by atoms with Gasteiger partial charge in [-0.3, -0.25) is 20.1 Å². The second kappa shape index (κ2) is 5.05. The van der Waals surface area contributed by atoms with Crippen molar-refractivity contribution < 1.29 is 4.92 Å². The van der Waals surface area contributed by atoms with Crippen molar-refractivity contribution in [3.8, 4) is 0 Å². The average Bonchev–Trinajstić information content (AvgIpc) is 2.91. The number of hydrogen-bond acceptors (Lipinski definition) is 5. The van der Waals surface area contributed by atoms with Gasteiger partial charge >= 0.3 is 0 Å². The zero-order valence-electron chi connectivity index (χ0n) is 10.7. The predicted octanol–water partition coefficient (Wildman–Crippen LogP) is 2.26. The quantitative estimate of drug-likeness (QED) is 0.641. The average molecular weight is 285 g/mol. The highest BCUT2D eigenvalue weighted by Gasteiger charge is 2.16. The summed E-state index contributed by atoms with van der Waals surface area (Å²) in [4.78, 5) is 20.9. The summed E-state index contributed by atoms with van der Waals surface area (Å²) in [6, 6.07) is 11.4. The minimum absolute atomic E-state index is 0.0227. The van der Waals surface area contributed by atoms with Gasteiger partial charge in [0.1, 0.15) is 12.0 Å². The van der Waals surface area contributed by atoms with Crippen LogP contribution in [0.1, 0.15) is 5.56 Å². The number of nitro benzene ring substituents is 1. The molecule has 100 valence electrons. The molecule has 1 heterocycles. The lowest BCUT2D eigenvalue weighted by Gasteiger charge is -2.02. The zero-order chi connectivity index (χ0) is 14.1. The molecule has 0 saturated carbocycles. The summed E-state index contributed by atoms with van der Waals surface area (Å²) >= 11 is 1.55. The largest absolute Gasteiger partial charge is 0.296 e. The van der Waals surface area contributed by atoms with E-state index in [9.17, 15) is 10.1 Å². The Bertz CT molecular complexity index is 800. The molecule has 1 aliphatic heterocycles. The van der Waals surface area contributed by atoms with E-state index in [1.807, 2.05) is 31.2 Å². The number of non-ortho nitro benzene ring substituents is 1. The van der Waals surface area contributed by atoms with E-state index < -0.39 is 4.92 Å². The van der Waals surface area contributed by atoms with E-state index >= 15 is 0 Å². The van der Waals surface area contributed by atoms with Gasteiger partial charge in [0.05, 0.1) is 4.92 Å². The number of fused-ring (bicyclic) bond motifs is 1. The number of hydrogen-bond donors (Lipinski definition) is 0. The van der Waals surface area contributed by atoms with Crippen molar-refractivity contribution in [2.45, 2.75) is 16.7 Å². The lowest BCUT2D eigenvalue weighted by atomic mass is 10.2. The van der Waals surface area contributed by atoms with Gasteiger partial charge in [0.25, 0.3) is 5.69 Å². The Kier molecular flexibility index (Phi) is 3.23. The summed E-state index contributed by atoms with van der Waals surface area (Å²) in [7, 11) is 0. The van der Waals surface area contributed by atoms with Gasteiger partial charge in [0.15, 0.2) is 5.36 Å². The van der Waals surface area contributed by atoms with Gasteiger partial charge in [-0.05, 0) is 25.1 Å². The lowest BCUT2D eigenvalue weighted by Crippen LogP contribution is -2.26. The van der Waals surface area contributed by atoms with Crippen LogP contribution >= 0.6 is 11.8 Å². The minimum atomic E-state index is -0.413. The predicted molar refractivity (Wildman–Crippen MR) is 75.6 cm³/mol. The van der Waals surface area contributed by atoms with E-state index in [2.05, 4.69) is 9.98 Å². The van der Waals surface area contributed by atoms with Gasteiger partial charge in [0.2, 0.25) is 0 Å². The molecule has 2 aromatic carbocycles. The van der Waals surface area contributed by atoms with Crippen LogP contribution in [-0.2, 0) is 0 Å². The van der Waals surface area contributed by atoms with Gasteiger partial charge in [-0.2, -0.15) is 0 Å². The fourth-order valence-corrected chi connectivity index (χ4v) is 2.92. The normalized spacial score (nSPS) is 12.4. The number of aryl methyl sites for hydroxylation is 1. The molecule has 6 heteroatoms. The van der Waals surface area contributed by atoms with Crippen LogP contribution in [0.5, 0.6) is 0 Å². The first-order chi connectivity index (χ1) is 9.65. The SMILES string of the molecule is Cc1ccc(Sc2ccc([N+](=O)[O-])c3c2=NCN=3)cc1. The molecule has 0 amide bonds. The maximum atomic E-state index is 11.0. The Labute approximate surface area is 119 Å². The Morgan fingerprint density at radius 2 is 1.80 bits per heavy atom. The third-order valence-corrected chi connectivity index (χ3v) is 4.05. The topological polar surface area (TPSA) is 67.9 Å². The summed E-state index contributed by atoms with van der Waals surface area (Å²) < 4.78 is 0. The molecule has 20 heavy (non-hydrogen) atoms. The maximum absolute atomic E-state index is 11.0. The van der Waals surface area contributed by atoms with E-state index in [0.717, 1.165) is 9.79 Å². The molecule has 0 aliphatic carbocycles. The van der Waals surface area contributed by atoms with Crippen molar-refractivity contribution in [2.75, 3.05) is 6.67 Å². The smallest absolute Gasteiger partial charge is 0.258 e. The molecule has 0 N–H and O–H groups in total. The highest BCUT2D eigenvalue weighted by atomic mass is 32.2. The maximum Gasteiger partial charge on any atom is 0.296 e. The fraction of sp³-hybridized carbons (Fsp3) is 0.143. The van der Waals surface area contributed by atoms with Crippen LogP contribution < -0.4 is 10.7 Å². The summed E-state index contributed by atoms with van der Waals surface area (Å²) in [5.41, 5.74) is 1.22. The van der Waals surface area contributed by atoms with Gasteiger partial charge in [-0.15, -0.1) is 0 Å². The molecule has 0 radical (unpaired) electrons. The van der Waals surface area contributed by atoms with Crippen molar-refractivity contribution in [1.29, 1.82) is 0 Å². The third-order valence-electron chi connectivity index (χ3n) is 3.00. The first-order valence-electron chi connectivity index (χ1n) is 6.06. The Hall–Kier alpha value is -2.21. The van der Waals surface area contributed by atoms with Crippen molar-refractivity contribution in [1.82, 2.24) is 0 Å². The molecule has 0 saturated heterocycles. The molecule has 0 fully saturated rings. The van der Waals surface area contributed by atoms with Crippen LogP contribution in [0.15, 0.2) is 56.2 Å². The van der Waals surface area contributed by atoms with Gasteiger partial charge in [0, 0.05) is 15.9 Å². The molecule has 0 aromatic heterocycles. The molecule has 1 aliphatic rings. The first kappa shape index (κ1) is 12.8. The second-order valence-electron chi connectivity index (χ2n) is 4.41. The van der Waals surface area contributed by atoms with Crippen LogP contribution in [0.2, 0.25) is 0 Å². The standard InChI is InChI=1S/C14H11N3O2S/c1-9-2-4-10(5-3-9)20-12-7-6-11(17(18)19)13-14(12)16-8-15-13/h2-7H,8H2,1H3. The van der Waals surface area contributed by atoms with Crippen LogP contribution in [0, 0.1) is 17.0 Å². The van der Waals surface area contributed by atoms with Crippen LogP contribution in [-0.4, -0.2) is 11.6 Å². The van der Waals surface area contributed by atoms with Gasteiger partial charge in [-0.1, -0.05) is 29.5 Å². The van der Waals surface area contributed by atoms with Crippen molar-refractivity contribution in [2.24, 2.45) is 9.98 Å². The number of nitrogens with zero attached hydrogens (tertiary/aromatic N) is 3. The number of nitro groups is 1. The molecule has 5 nitrogen and oxygen atoms in total. The van der Waals surface area contributed by atoms with Gasteiger partial charge < -0.3 is 0 Å². The van der Waals surface area contributed by atoms with E-state index in [4.69, 9.17) is 0 Å². The van der Waals surface area contributed by atoms with E-state index in [0.29, 0.717) is 10.7 Å². The van der Waals surface area contributed by atoms with E-state index in [1.165, 1.54) is 11.6 Å². The molecular formula is C14H11N3O2S. The lowest BCUT2D eigenvalue weighted by molar-refractivity contribution is -0.386. The highest BCUT2D eigenvalue weighted by Crippen LogP contribution is 2.25. The summed E-state index contributed by atoms with van der Waals surface area (Å²) in [6.07, 6.45) is 0.